The number of methoxy groups -OCH3 is 1. The molecule has 19 heavy (non-hydrogen) atoms. The van der Waals surface area contributed by atoms with Gasteiger partial charge in [0.1, 0.15) is 5.75 Å². The van der Waals surface area contributed by atoms with Crippen molar-refractivity contribution in [2.75, 3.05) is 12.4 Å². The molecule has 0 unspecified atom stereocenters. The first-order valence-electron chi connectivity index (χ1n) is 5.82. The van der Waals surface area contributed by atoms with E-state index in [1.165, 1.54) is 0 Å². The minimum absolute atomic E-state index is 0.216. The van der Waals surface area contributed by atoms with Crippen LogP contribution in [0.1, 0.15) is 15.9 Å². The monoisotopic (exact) mass is 275 g/mol. The number of anilines is 1. The lowest BCUT2D eigenvalue weighted by Gasteiger charge is -2.10. The van der Waals surface area contributed by atoms with Crippen molar-refractivity contribution >= 4 is 23.2 Å². The molecular formula is C15H14ClNO2. The lowest BCUT2D eigenvalue weighted by atomic mass is 10.1. The maximum absolute atomic E-state index is 12.1. The topological polar surface area (TPSA) is 38.3 Å². The summed E-state index contributed by atoms with van der Waals surface area (Å²) in [5.74, 6) is 0.403. The first kappa shape index (κ1) is 13.4. The van der Waals surface area contributed by atoms with Gasteiger partial charge in [-0.2, -0.15) is 0 Å². The lowest BCUT2D eigenvalue weighted by Crippen LogP contribution is -2.12. The van der Waals surface area contributed by atoms with E-state index >= 15 is 0 Å². The molecule has 2 aromatic carbocycles. The highest BCUT2D eigenvalue weighted by Gasteiger charge is 2.10. The van der Waals surface area contributed by atoms with Gasteiger partial charge < -0.3 is 10.1 Å². The van der Waals surface area contributed by atoms with Gasteiger partial charge in [-0.15, -0.1) is 0 Å². The van der Waals surface area contributed by atoms with E-state index < -0.39 is 0 Å². The van der Waals surface area contributed by atoms with Gasteiger partial charge in [-0.05, 0) is 36.8 Å². The molecule has 0 aromatic heterocycles. The molecule has 0 radical (unpaired) electrons. The number of hydrogen-bond acceptors (Lipinski definition) is 2. The SMILES string of the molecule is COc1ccccc1NC(=O)c1ccc(C)c(Cl)c1. The summed E-state index contributed by atoms with van der Waals surface area (Å²) in [7, 11) is 1.56. The zero-order valence-corrected chi connectivity index (χ0v) is 11.5. The van der Waals surface area contributed by atoms with Crippen LogP contribution in [0.2, 0.25) is 5.02 Å². The zero-order chi connectivity index (χ0) is 13.8. The molecule has 0 heterocycles. The molecule has 0 spiro atoms. The van der Waals surface area contributed by atoms with E-state index in [-0.39, 0.29) is 5.91 Å². The van der Waals surface area contributed by atoms with Gasteiger partial charge in [0.25, 0.3) is 5.91 Å². The van der Waals surface area contributed by atoms with Crippen LogP contribution in [0.5, 0.6) is 5.75 Å². The van der Waals surface area contributed by atoms with Gasteiger partial charge >= 0.3 is 0 Å². The largest absolute Gasteiger partial charge is 0.495 e. The molecule has 0 saturated carbocycles. The maximum atomic E-state index is 12.1. The predicted octanol–water partition coefficient (Wildman–Crippen LogP) is 3.91. The number of nitrogens with one attached hydrogen (secondary N) is 1. The molecule has 0 aliphatic heterocycles. The average Bonchev–Trinajstić information content (AvgIpc) is 2.42. The van der Waals surface area contributed by atoms with Crippen LogP contribution in [0.3, 0.4) is 0 Å². The summed E-state index contributed by atoms with van der Waals surface area (Å²) in [5.41, 5.74) is 2.09. The van der Waals surface area contributed by atoms with E-state index in [9.17, 15) is 4.79 Å². The molecular weight excluding hydrogens is 262 g/mol. The van der Waals surface area contributed by atoms with Crippen LogP contribution in [0.25, 0.3) is 0 Å². The van der Waals surface area contributed by atoms with Crippen molar-refractivity contribution < 1.29 is 9.53 Å². The fourth-order valence-electron chi connectivity index (χ4n) is 1.68. The van der Waals surface area contributed by atoms with E-state index in [0.717, 1.165) is 5.56 Å². The first-order chi connectivity index (χ1) is 9.11. The Kier molecular flexibility index (Phi) is 4.07. The molecule has 0 atom stereocenters. The molecule has 98 valence electrons. The summed E-state index contributed by atoms with van der Waals surface area (Å²) in [6.07, 6.45) is 0. The smallest absolute Gasteiger partial charge is 0.255 e. The minimum Gasteiger partial charge on any atom is -0.495 e. The number of carbonyl (C=O) groups is 1. The molecule has 4 heteroatoms. The first-order valence-corrected chi connectivity index (χ1v) is 6.20. The number of halogens is 1. The molecule has 2 aromatic rings. The number of ether oxygens (including phenoxy) is 1. The van der Waals surface area contributed by atoms with Crippen LogP contribution in [-0.2, 0) is 0 Å². The van der Waals surface area contributed by atoms with Gasteiger partial charge in [0, 0.05) is 10.6 Å². The Hall–Kier alpha value is -2.00. The number of amides is 1. The molecule has 0 bridgehead atoms. The van der Waals surface area contributed by atoms with Crippen LogP contribution in [0.4, 0.5) is 5.69 Å². The fraction of sp³-hybridized carbons (Fsp3) is 0.133. The van der Waals surface area contributed by atoms with Gasteiger partial charge in [-0.1, -0.05) is 29.8 Å². The van der Waals surface area contributed by atoms with Crippen molar-refractivity contribution in [1.82, 2.24) is 0 Å². The predicted molar refractivity (Wildman–Crippen MR) is 77.1 cm³/mol. The highest BCUT2D eigenvalue weighted by atomic mass is 35.5. The van der Waals surface area contributed by atoms with Crippen molar-refractivity contribution in [3.8, 4) is 5.75 Å². The molecule has 0 saturated heterocycles. The Morgan fingerprint density at radius 2 is 1.95 bits per heavy atom. The molecule has 2 rings (SSSR count). The number of aryl methyl sites for hydroxylation is 1. The Morgan fingerprint density at radius 1 is 1.21 bits per heavy atom. The number of rotatable bonds is 3. The highest BCUT2D eigenvalue weighted by Crippen LogP contribution is 2.24. The summed E-state index contributed by atoms with van der Waals surface area (Å²) >= 11 is 6.01. The standard InChI is InChI=1S/C15H14ClNO2/c1-10-7-8-11(9-12(10)16)15(18)17-13-5-3-4-6-14(13)19-2/h3-9H,1-2H3,(H,17,18). The van der Waals surface area contributed by atoms with Crippen LogP contribution in [-0.4, -0.2) is 13.0 Å². The molecule has 0 aliphatic rings. The van der Waals surface area contributed by atoms with E-state index in [0.29, 0.717) is 22.0 Å². The molecule has 3 nitrogen and oxygen atoms in total. The summed E-state index contributed by atoms with van der Waals surface area (Å²) in [6.45, 7) is 1.89. The van der Waals surface area contributed by atoms with E-state index in [4.69, 9.17) is 16.3 Å². The van der Waals surface area contributed by atoms with Crippen LogP contribution >= 0.6 is 11.6 Å². The van der Waals surface area contributed by atoms with Crippen LogP contribution in [0.15, 0.2) is 42.5 Å². The Balaban J connectivity index is 2.23. The Labute approximate surface area is 117 Å². The highest BCUT2D eigenvalue weighted by molar-refractivity contribution is 6.31. The van der Waals surface area contributed by atoms with E-state index in [1.807, 2.05) is 25.1 Å². The van der Waals surface area contributed by atoms with Crippen molar-refractivity contribution in [1.29, 1.82) is 0 Å². The lowest BCUT2D eigenvalue weighted by molar-refractivity contribution is 0.102. The third kappa shape index (κ3) is 3.06. The molecule has 0 aliphatic carbocycles. The number of para-hydroxylation sites is 2. The second-order valence-corrected chi connectivity index (χ2v) is 4.53. The third-order valence-corrected chi connectivity index (χ3v) is 3.20. The number of benzene rings is 2. The van der Waals surface area contributed by atoms with Gasteiger partial charge in [0.05, 0.1) is 12.8 Å². The Bertz CT molecular complexity index is 611. The normalized spacial score (nSPS) is 10.1. The summed E-state index contributed by atoms with van der Waals surface area (Å²) in [6, 6.07) is 12.5. The molecule has 1 amide bonds. The number of hydrogen-bond donors (Lipinski definition) is 1. The van der Waals surface area contributed by atoms with Gasteiger partial charge in [-0.25, -0.2) is 0 Å². The van der Waals surface area contributed by atoms with E-state index in [1.54, 1.807) is 31.4 Å². The van der Waals surface area contributed by atoms with E-state index in [2.05, 4.69) is 5.32 Å². The summed E-state index contributed by atoms with van der Waals surface area (Å²) in [5, 5.41) is 3.38. The summed E-state index contributed by atoms with van der Waals surface area (Å²) < 4.78 is 5.18. The van der Waals surface area contributed by atoms with Crippen LogP contribution < -0.4 is 10.1 Å². The quantitative estimate of drug-likeness (QED) is 0.922. The van der Waals surface area contributed by atoms with Gasteiger partial charge in [-0.3, -0.25) is 4.79 Å². The zero-order valence-electron chi connectivity index (χ0n) is 10.7. The molecule has 0 fully saturated rings. The molecule has 1 N–H and O–H groups in total. The van der Waals surface area contributed by atoms with Crippen molar-refractivity contribution in [2.24, 2.45) is 0 Å². The maximum Gasteiger partial charge on any atom is 0.255 e. The average molecular weight is 276 g/mol. The van der Waals surface area contributed by atoms with Crippen molar-refractivity contribution in [3.63, 3.8) is 0 Å². The van der Waals surface area contributed by atoms with Gasteiger partial charge in [0.15, 0.2) is 0 Å². The second kappa shape index (κ2) is 5.76. The van der Waals surface area contributed by atoms with Crippen molar-refractivity contribution in [2.45, 2.75) is 6.92 Å². The van der Waals surface area contributed by atoms with Crippen LogP contribution in [0, 0.1) is 6.92 Å². The third-order valence-electron chi connectivity index (χ3n) is 2.79. The second-order valence-electron chi connectivity index (χ2n) is 4.12. The summed E-state index contributed by atoms with van der Waals surface area (Å²) in [4.78, 5) is 12.1. The number of carbonyl (C=O) groups excluding carboxylic acids is 1. The van der Waals surface area contributed by atoms with Crippen molar-refractivity contribution in [3.05, 3.63) is 58.6 Å². The minimum atomic E-state index is -0.216. The fourth-order valence-corrected chi connectivity index (χ4v) is 1.86. The Morgan fingerprint density at radius 3 is 2.63 bits per heavy atom. The van der Waals surface area contributed by atoms with Gasteiger partial charge in [0.2, 0.25) is 0 Å².